The first-order valence-electron chi connectivity index (χ1n) is 6.24. The Balaban J connectivity index is 0.00000162. The molecule has 18 heavy (non-hydrogen) atoms. The molecule has 2 nitrogen and oxygen atoms in total. The van der Waals surface area contributed by atoms with Crippen molar-refractivity contribution in [3.8, 4) is 5.75 Å². The Morgan fingerprint density at radius 3 is 2.72 bits per heavy atom. The van der Waals surface area contributed by atoms with Gasteiger partial charge in [0.15, 0.2) is 0 Å². The predicted octanol–water partition coefficient (Wildman–Crippen LogP) is 4.15. The molecular weight excluding hydrogens is 269 g/mol. The number of halogens is 2. The molecule has 2 rings (SSSR count). The summed E-state index contributed by atoms with van der Waals surface area (Å²) in [5.74, 6) is 0.972. The summed E-state index contributed by atoms with van der Waals surface area (Å²) in [5, 5.41) is 4.45. The van der Waals surface area contributed by atoms with Crippen molar-refractivity contribution in [2.45, 2.75) is 45.2 Å². The molecule has 1 atom stereocenters. The van der Waals surface area contributed by atoms with Gasteiger partial charge >= 0.3 is 0 Å². The van der Waals surface area contributed by atoms with Crippen molar-refractivity contribution in [1.29, 1.82) is 0 Å². The molecule has 1 aliphatic rings. The zero-order valence-corrected chi connectivity index (χ0v) is 12.7. The molecule has 0 heterocycles. The van der Waals surface area contributed by atoms with Crippen LogP contribution in [0, 0.1) is 0 Å². The molecular formula is C14H21Cl2NO. The van der Waals surface area contributed by atoms with Crippen LogP contribution in [0.2, 0.25) is 5.02 Å². The van der Waals surface area contributed by atoms with Gasteiger partial charge in [0.05, 0.1) is 7.11 Å². The van der Waals surface area contributed by atoms with Crippen LogP contribution in [0.4, 0.5) is 0 Å². The molecule has 1 aromatic rings. The van der Waals surface area contributed by atoms with Gasteiger partial charge in [-0.2, -0.15) is 0 Å². The summed E-state index contributed by atoms with van der Waals surface area (Å²) >= 11 is 6.35. The summed E-state index contributed by atoms with van der Waals surface area (Å²) < 4.78 is 5.43. The fourth-order valence-electron chi connectivity index (χ4n) is 2.64. The molecule has 1 unspecified atom stereocenters. The zero-order chi connectivity index (χ0) is 12.4. The Labute approximate surface area is 120 Å². The first-order valence-corrected chi connectivity index (χ1v) is 6.62. The van der Waals surface area contributed by atoms with E-state index in [-0.39, 0.29) is 12.4 Å². The number of hydrogen-bond donors (Lipinski definition) is 1. The van der Waals surface area contributed by atoms with Crippen molar-refractivity contribution in [3.05, 3.63) is 28.3 Å². The van der Waals surface area contributed by atoms with Crippen LogP contribution in [0.15, 0.2) is 12.1 Å². The van der Waals surface area contributed by atoms with Gasteiger partial charge in [0.2, 0.25) is 0 Å². The highest BCUT2D eigenvalue weighted by Gasteiger charge is 2.25. The van der Waals surface area contributed by atoms with Crippen LogP contribution in [0.25, 0.3) is 0 Å². The van der Waals surface area contributed by atoms with E-state index < -0.39 is 0 Å². The third-order valence-electron chi connectivity index (χ3n) is 3.28. The fraction of sp³-hybridized carbons (Fsp3) is 0.571. The normalized spacial score (nSPS) is 18.2. The van der Waals surface area contributed by atoms with Crippen LogP contribution < -0.4 is 10.1 Å². The first kappa shape index (κ1) is 15.6. The molecule has 1 aromatic carbocycles. The molecule has 0 saturated carbocycles. The number of ether oxygens (including phenoxy) is 1. The first-order chi connectivity index (χ1) is 8.13. The van der Waals surface area contributed by atoms with E-state index in [1.807, 2.05) is 12.1 Å². The quantitative estimate of drug-likeness (QED) is 0.903. The fourth-order valence-corrected chi connectivity index (χ4v) is 2.95. The Hall–Kier alpha value is -0.440. The molecule has 102 valence electrons. The average molecular weight is 290 g/mol. The minimum absolute atomic E-state index is 0. The van der Waals surface area contributed by atoms with E-state index >= 15 is 0 Å². The van der Waals surface area contributed by atoms with E-state index in [0.717, 1.165) is 23.6 Å². The Kier molecular flexibility index (Phi) is 5.77. The second-order valence-electron chi connectivity index (χ2n) is 4.91. The highest BCUT2D eigenvalue weighted by Crippen LogP contribution is 2.39. The topological polar surface area (TPSA) is 21.3 Å². The van der Waals surface area contributed by atoms with Gasteiger partial charge in [-0.3, -0.25) is 0 Å². The Morgan fingerprint density at radius 1 is 1.39 bits per heavy atom. The molecule has 0 aromatic heterocycles. The number of rotatable bonds is 3. The summed E-state index contributed by atoms with van der Waals surface area (Å²) in [7, 11) is 1.73. The van der Waals surface area contributed by atoms with E-state index in [1.54, 1.807) is 7.11 Å². The summed E-state index contributed by atoms with van der Waals surface area (Å²) in [6.45, 7) is 4.34. The van der Waals surface area contributed by atoms with E-state index in [2.05, 4.69) is 19.2 Å². The number of nitrogens with one attached hydrogen (secondary N) is 1. The van der Waals surface area contributed by atoms with Gasteiger partial charge in [0, 0.05) is 22.7 Å². The zero-order valence-electron chi connectivity index (χ0n) is 11.1. The lowest BCUT2D eigenvalue weighted by Crippen LogP contribution is -2.31. The van der Waals surface area contributed by atoms with Crippen molar-refractivity contribution >= 4 is 24.0 Å². The second-order valence-corrected chi connectivity index (χ2v) is 5.32. The van der Waals surface area contributed by atoms with Gasteiger partial charge in [0.25, 0.3) is 0 Å². The van der Waals surface area contributed by atoms with Crippen LogP contribution in [0.5, 0.6) is 5.75 Å². The third kappa shape index (κ3) is 3.11. The van der Waals surface area contributed by atoms with Crippen LogP contribution >= 0.6 is 24.0 Å². The van der Waals surface area contributed by atoms with E-state index in [4.69, 9.17) is 16.3 Å². The molecule has 1 aliphatic carbocycles. The molecule has 0 fully saturated rings. The van der Waals surface area contributed by atoms with Crippen LogP contribution in [-0.4, -0.2) is 13.2 Å². The molecule has 0 saturated heterocycles. The van der Waals surface area contributed by atoms with Crippen molar-refractivity contribution in [3.63, 3.8) is 0 Å². The predicted molar refractivity (Wildman–Crippen MR) is 79.2 cm³/mol. The largest absolute Gasteiger partial charge is 0.496 e. The van der Waals surface area contributed by atoms with E-state index in [9.17, 15) is 0 Å². The Bertz CT molecular complexity index is 407. The summed E-state index contributed by atoms with van der Waals surface area (Å²) in [5.41, 5.74) is 2.52. The highest BCUT2D eigenvalue weighted by molar-refractivity contribution is 6.31. The number of fused-ring (bicyclic) bond motifs is 1. The Morgan fingerprint density at radius 2 is 2.11 bits per heavy atom. The maximum atomic E-state index is 6.35. The van der Waals surface area contributed by atoms with E-state index in [1.165, 1.54) is 17.5 Å². The molecule has 1 N–H and O–H groups in total. The smallest absolute Gasteiger partial charge is 0.122 e. The third-order valence-corrected chi connectivity index (χ3v) is 3.61. The van der Waals surface area contributed by atoms with Gasteiger partial charge < -0.3 is 10.1 Å². The molecule has 0 aliphatic heterocycles. The highest BCUT2D eigenvalue weighted by atomic mass is 35.5. The monoisotopic (exact) mass is 289 g/mol. The van der Waals surface area contributed by atoms with Gasteiger partial charge in [-0.25, -0.2) is 0 Å². The molecule has 0 bridgehead atoms. The number of hydrogen-bond acceptors (Lipinski definition) is 2. The van der Waals surface area contributed by atoms with Crippen molar-refractivity contribution in [1.82, 2.24) is 5.32 Å². The van der Waals surface area contributed by atoms with Gasteiger partial charge in [-0.05, 0) is 37.0 Å². The van der Waals surface area contributed by atoms with Gasteiger partial charge in [0.1, 0.15) is 5.75 Å². The van der Waals surface area contributed by atoms with Crippen LogP contribution in [0.1, 0.15) is 43.9 Å². The van der Waals surface area contributed by atoms with Crippen LogP contribution in [0.3, 0.4) is 0 Å². The lowest BCUT2D eigenvalue weighted by molar-refractivity contribution is 0.388. The SMILES string of the molecule is COc1ccc(Cl)c2c1CCCC2NC(C)C.Cl. The second kappa shape index (κ2) is 6.65. The van der Waals surface area contributed by atoms with Crippen molar-refractivity contribution in [2.24, 2.45) is 0 Å². The molecule has 0 spiro atoms. The minimum Gasteiger partial charge on any atom is -0.496 e. The minimum atomic E-state index is 0. The van der Waals surface area contributed by atoms with E-state index in [0.29, 0.717) is 12.1 Å². The maximum Gasteiger partial charge on any atom is 0.122 e. The standard InChI is InChI=1S/C14H20ClNO.ClH/c1-9(2)16-12-6-4-5-10-13(17-3)8-7-11(15)14(10)12;/h7-9,12,16H,4-6H2,1-3H3;1H. The van der Waals surface area contributed by atoms with Gasteiger partial charge in [-0.15, -0.1) is 12.4 Å². The molecule has 0 radical (unpaired) electrons. The molecule has 4 heteroatoms. The lowest BCUT2D eigenvalue weighted by atomic mass is 9.86. The summed E-state index contributed by atoms with van der Waals surface area (Å²) in [6.07, 6.45) is 3.40. The van der Waals surface area contributed by atoms with Crippen LogP contribution in [-0.2, 0) is 6.42 Å². The number of benzene rings is 1. The van der Waals surface area contributed by atoms with Crippen molar-refractivity contribution < 1.29 is 4.74 Å². The average Bonchev–Trinajstić information content (AvgIpc) is 2.29. The lowest BCUT2D eigenvalue weighted by Gasteiger charge is -2.30. The summed E-state index contributed by atoms with van der Waals surface area (Å²) in [6, 6.07) is 4.74. The van der Waals surface area contributed by atoms with Crippen molar-refractivity contribution in [2.75, 3.05) is 7.11 Å². The van der Waals surface area contributed by atoms with Gasteiger partial charge in [-0.1, -0.05) is 25.4 Å². The summed E-state index contributed by atoms with van der Waals surface area (Å²) in [4.78, 5) is 0. The number of methoxy groups -OCH3 is 1. The maximum absolute atomic E-state index is 6.35. The molecule has 0 amide bonds.